The molecule has 0 aromatic heterocycles. The van der Waals surface area contributed by atoms with E-state index in [9.17, 15) is 4.79 Å². The zero-order valence-electron chi connectivity index (χ0n) is 6.69. The van der Waals surface area contributed by atoms with Gasteiger partial charge in [-0.05, 0) is 0 Å². The number of hydrogen-bond donors (Lipinski definition) is 1. The van der Waals surface area contributed by atoms with E-state index >= 15 is 0 Å². The third kappa shape index (κ3) is 3.32. The Morgan fingerprint density at radius 1 is 1.42 bits per heavy atom. The van der Waals surface area contributed by atoms with Crippen LogP contribution in [0, 0.1) is 0 Å². The van der Waals surface area contributed by atoms with E-state index in [1.54, 1.807) is 0 Å². The molecule has 0 atom stereocenters. The molecule has 0 aliphatic rings. The van der Waals surface area contributed by atoms with Crippen molar-refractivity contribution < 1.29 is 32.5 Å². The van der Waals surface area contributed by atoms with Gasteiger partial charge in [-0.3, -0.25) is 0 Å². The van der Waals surface area contributed by atoms with Crippen LogP contribution in [0.15, 0.2) is 30.3 Å². The third-order valence-electron chi connectivity index (χ3n) is 1.41. The summed E-state index contributed by atoms with van der Waals surface area (Å²) in [5.41, 5.74) is 5.10. The van der Waals surface area contributed by atoms with Crippen LogP contribution < -0.4 is 8.81 Å². The number of nitrogens with two attached hydrogens (primary N) is 1. The van der Waals surface area contributed by atoms with Crippen molar-refractivity contribution in [3.63, 3.8) is 0 Å². The van der Waals surface area contributed by atoms with Gasteiger partial charge in [0.15, 0.2) is 0 Å². The Bertz CT molecular complexity index is 250. The van der Waals surface area contributed by atoms with E-state index in [4.69, 9.17) is 8.38 Å². The molecule has 0 fully saturated rings. The molecule has 1 rings (SSSR count). The van der Waals surface area contributed by atoms with Crippen molar-refractivity contribution in [2.75, 3.05) is 6.54 Å². The van der Waals surface area contributed by atoms with Gasteiger partial charge in [-0.25, -0.2) is 0 Å². The van der Waals surface area contributed by atoms with Crippen LogP contribution >= 0.6 is 0 Å². The van der Waals surface area contributed by atoms with Gasteiger partial charge in [0, 0.05) is 0 Å². The van der Waals surface area contributed by atoms with E-state index in [0.717, 1.165) is 0 Å². The molecule has 4 heteroatoms. The minimum atomic E-state index is -1.62. The van der Waals surface area contributed by atoms with Crippen LogP contribution in [0.5, 0.6) is 0 Å². The van der Waals surface area contributed by atoms with E-state index in [-0.39, 0.29) is 12.5 Å². The first kappa shape index (κ1) is 9.67. The van der Waals surface area contributed by atoms with Crippen molar-refractivity contribution in [1.82, 2.24) is 0 Å². The zero-order valence-corrected chi connectivity index (χ0v) is 12.2. The molecule has 0 bridgehead atoms. The second-order valence-corrected chi connectivity index (χ2v) is 7.77. The van der Waals surface area contributed by atoms with Crippen LogP contribution in [0.25, 0.3) is 0 Å². The van der Waals surface area contributed by atoms with Crippen LogP contribution in [0.4, 0.5) is 0 Å². The van der Waals surface area contributed by atoms with Crippen molar-refractivity contribution in [3.05, 3.63) is 30.3 Å². The molecule has 0 unspecified atom stereocenters. The molecule has 1 aromatic carbocycles. The summed E-state index contributed by atoms with van der Waals surface area (Å²) in [6, 6.07) is 9.83. The average molecular weight is 352 g/mol. The average Bonchev–Trinajstić information content (AvgIpc) is 2.16. The van der Waals surface area contributed by atoms with Crippen LogP contribution in [0.1, 0.15) is 0 Å². The third-order valence-corrected chi connectivity index (χ3v) is 6.35. The molecule has 3 nitrogen and oxygen atoms in total. The second kappa shape index (κ2) is 5.27. The van der Waals surface area contributed by atoms with Crippen LogP contribution in [0.2, 0.25) is 0 Å². The molecule has 0 aliphatic carbocycles. The number of carbonyl (C=O) groups is 1. The molecule has 0 spiro atoms. The zero-order chi connectivity index (χ0) is 8.81. The summed E-state index contributed by atoms with van der Waals surface area (Å²) in [5, 5.41) is 0. The summed E-state index contributed by atoms with van der Waals surface area (Å²) in [6.07, 6.45) is 0. The van der Waals surface area contributed by atoms with Crippen LogP contribution in [0.3, 0.4) is 0 Å². The summed E-state index contributed by atoms with van der Waals surface area (Å²) in [6.45, 7) is -0.00711. The summed E-state index contributed by atoms with van der Waals surface area (Å²) in [4.78, 5) is 10.7. The molecule has 0 radical (unpaired) electrons. The SMILES string of the molecule is NCC(=O)[O][Hg][c]1ccccc1. The Labute approximate surface area is 84.0 Å². The van der Waals surface area contributed by atoms with Crippen molar-refractivity contribution >= 4 is 9.04 Å². The fraction of sp³-hybridized carbons (Fsp3) is 0.125. The Morgan fingerprint density at radius 2 is 2.08 bits per heavy atom. The summed E-state index contributed by atoms with van der Waals surface area (Å²) in [5.74, 6) is -0.277. The molecular weight excluding hydrogens is 343 g/mol. The summed E-state index contributed by atoms with van der Waals surface area (Å²) in [7, 11) is 0. The van der Waals surface area contributed by atoms with Gasteiger partial charge < -0.3 is 0 Å². The molecule has 2 N–H and O–H groups in total. The fourth-order valence-corrected chi connectivity index (χ4v) is 4.34. The number of benzene rings is 1. The van der Waals surface area contributed by atoms with Gasteiger partial charge >= 0.3 is 84.1 Å². The number of rotatable bonds is 3. The predicted octanol–water partition coefficient (Wildman–Crippen LogP) is -0.189. The van der Waals surface area contributed by atoms with Gasteiger partial charge in [0.1, 0.15) is 0 Å². The Kier molecular flexibility index (Phi) is 4.25. The van der Waals surface area contributed by atoms with Gasteiger partial charge in [-0.1, -0.05) is 0 Å². The maximum atomic E-state index is 10.7. The quantitative estimate of drug-likeness (QED) is 0.768. The molecule has 0 saturated carbocycles. The maximum absolute atomic E-state index is 10.7. The standard InChI is InChI=1S/C6H5.C2H5NO2.Hg/c1-2-4-6-5-3-1;3-1-2(4)5;/h1-5H;1,3H2,(H,4,5);/q;;+1/p-1. The molecule has 12 heavy (non-hydrogen) atoms. The molecule has 0 heterocycles. The molecule has 0 aliphatic heterocycles. The van der Waals surface area contributed by atoms with Crippen molar-refractivity contribution in [3.8, 4) is 0 Å². The van der Waals surface area contributed by atoms with E-state index < -0.39 is 25.0 Å². The number of hydrogen-bond acceptors (Lipinski definition) is 3. The summed E-state index contributed by atoms with van der Waals surface area (Å²) < 4.78 is 6.23. The molecule has 60 valence electrons. The molecule has 0 amide bonds. The van der Waals surface area contributed by atoms with Crippen LogP contribution in [-0.2, 0) is 32.5 Å². The van der Waals surface area contributed by atoms with Crippen molar-refractivity contribution in [1.29, 1.82) is 0 Å². The first-order valence-corrected chi connectivity index (χ1v) is 8.72. The Balaban J connectivity index is 2.38. The summed E-state index contributed by atoms with van der Waals surface area (Å²) >= 11 is -1.62. The van der Waals surface area contributed by atoms with Gasteiger partial charge in [0.2, 0.25) is 0 Å². The van der Waals surface area contributed by atoms with Gasteiger partial charge in [0.05, 0.1) is 0 Å². The molecule has 1 aromatic rings. The topological polar surface area (TPSA) is 52.3 Å². The first-order valence-electron chi connectivity index (χ1n) is 3.72. The van der Waals surface area contributed by atoms with E-state index in [1.807, 2.05) is 30.3 Å². The van der Waals surface area contributed by atoms with Gasteiger partial charge in [0.25, 0.3) is 0 Å². The van der Waals surface area contributed by atoms with E-state index in [0.29, 0.717) is 0 Å². The van der Waals surface area contributed by atoms with Crippen molar-refractivity contribution in [2.45, 2.75) is 0 Å². The van der Waals surface area contributed by atoms with Gasteiger partial charge in [-0.2, -0.15) is 0 Å². The van der Waals surface area contributed by atoms with E-state index in [2.05, 4.69) is 0 Å². The Hall–Kier alpha value is -0.415. The Morgan fingerprint density at radius 3 is 2.67 bits per heavy atom. The van der Waals surface area contributed by atoms with Crippen LogP contribution in [-0.4, -0.2) is 12.5 Å². The fourth-order valence-electron chi connectivity index (χ4n) is 0.797. The monoisotopic (exact) mass is 353 g/mol. The minimum absolute atomic E-state index is 0.00711. The number of carbonyl (C=O) groups excluding carboxylic acids is 1. The van der Waals surface area contributed by atoms with E-state index in [1.165, 1.54) is 3.07 Å². The van der Waals surface area contributed by atoms with Gasteiger partial charge in [-0.15, -0.1) is 0 Å². The normalized spacial score (nSPS) is 8.75. The molecular formula is C8H9HgNO2. The second-order valence-electron chi connectivity index (χ2n) is 2.35. The predicted molar refractivity (Wildman–Crippen MR) is 41.2 cm³/mol. The first-order chi connectivity index (χ1) is 5.83. The molecule has 0 saturated heterocycles. The van der Waals surface area contributed by atoms with Crippen molar-refractivity contribution in [2.24, 2.45) is 5.73 Å².